The van der Waals surface area contributed by atoms with Crippen molar-refractivity contribution in [1.82, 2.24) is 19.5 Å². The van der Waals surface area contributed by atoms with Gasteiger partial charge in [-0.1, -0.05) is 127 Å². The summed E-state index contributed by atoms with van der Waals surface area (Å²) in [6.45, 7) is 0. The number of fused-ring (bicyclic) bond motifs is 12. The van der Waals surface area contributed by atoms with Crippen molar-refractivity contribution in [1.29, 1.82) is 0 Å². The fourth-order valence-corrected chi connectivity index (χ4v) is 9.52. The second-order valence-electron chi connectivity index (χ2n) is 13.9. The zero-order valence-corrected chi connectivity index (χ0v) is 30.1. The van der Waals surface area contributed by atoms with Gasteiger partial charge in [-0.25, -0.2) is 15.0 Å². The van der Waals surface area contributed by atoms with E-state index in [9.17, 15) is 0 Å². The quantitative estimate of drug-likeness (QED) is 0.182. The highest BCUT2D eigenvalue weighted by Gasteiger charge is 2.21. The van der Waals surface area contributed by atoms with Gasteiger partial charge in [0, 0.05) is 70.2 Å². The third-order valence-corrected chi connectivity index (χ3v) is 12.0. The molecule has 0 unspecified atom stereocenters. The number of para-hydroxylation sites is 1. The minimum absolute atomic E-state index is 0.601. The second-order valence-corrected chi connectivity index (χ2v) is 15.0. The standard InChI is InChI=1S/C49H28N4OS/c1-3-13-29(14-4-1)47-50-48(30-15-5-2-6-16-30)52-49(51-47)38-28-41-44(34-19-8-7-17-32(34)38)36-24-23-31(27-40(36)54-41)53-39-21-11-9-18-33(39)35-25-26-43-45(46(35)53)37-20-10-12-22-42(37)55-43/h1-28H. The SMILES string of the molecule is c1ccc(-c2nc(-c3ccccc3)nc(-c3cc4oc5cc(-n6c7ccccc7c7ccc8sc9ccccc9c8c76)ccc5c4c4ccccc34)n2)cc1. The Morgan fingerprint density at radius 2 is 1.04 bits per heavy atom. The number of hydrogen-bond donors (Lipinski definition) is 0. The van der Waals surface area contributed by atoms with Crippen LogP contribution in [0.3, 0.4) is 0 Å². The Bertz CT molecular complexity index is 3430. The predicted molar refractivity (Wildman–Crippen MR) is 228 cm³/mol. The predicted octanol–water partition coefficient (Wildman–Crippen LogP) is 13.4. The third kappa shape index (κ3) is 4.55. The lowest BCUT2D eigenvalue weighted by atomic mass is 9.98. The molecule has 0 aliphatic heterocycles. The van der Waals surface area contributed by atoms with Gasteiger partial charge in [-0.15, -0.1) is 11.3 Å². The molecule has 0 N–H and O–H groups in total. The van der Waals surface area contributed by atoms with Crippen LogP contribution in [0.1, 0.15) is 0 Å². The van der Waals surface area contributed by atoms with Crippen molar-refractivity contribution >= 4 is 86.0 Å². The summed E-state index contributed by atoms with van der Waals surface area (Å²) in [5.41, 5.74) is 7.83. The van der Waals surface area contributed by atoms with Crippen molar-refractivity contribution in [2.75, 3.05) is 0 Å². The first kappa shape index (κ1) is 30.3. The molecule has 0 atom stereocenters. The number of furan rings is 1. The number of hydrogen-bond acceptors (Lipinski definition) is 5. The summed E-state index contributed by atoms with van der Waals surface area (Å²) < 4.78 is 11.9. The lowest BCUT2D eigenvalue weighted by Crippen LogP contribution is -2.00. The van der Waals surface area contributed by atoms with Gasteiger partial charge in [-0.05, 0) is 47.2 Å². The van der Waals surface area contributed by atoms with E-state index >= 15 is 0 Å². The average Bonchev–Trinajstić information content (AvgIpc) is 3.93. The number of thiophene rings is 1. The van der Waals surface area contributed by atoms with Gasteiger partial charge in [-0.2, -0.15) is 0 Å². The summed E-state index contributed by atoms with van der Waals surface area (Å²) in [6.07, 6.45) is 0. The molecule has 0 bridgehead atoms. The molecule has 0 aliphatic rings. The van der Waals surface area contributed by atoms with E-state index in [1.807, 2.05) is 72.0 Å². The number of rotatable bonds is 4. The van der Waals surface area contributed by atoms with E-state index in [-0.39, 0.29) is 0 Å². The Morgan fingerprint density at radius 3 is 1.80 bits per heavy atom. The van der Waals surface area contributed by atoms with Crippen molar-refractivity contribution in [3.05, 3.63) is 170 Å². The Balaban J connectivity index is 1.11. The first-order chi connectivity index (χ1) is 27.3. The first-order valence-corrected chi connectivity index (χ1v) is 19.2. The fourth-order valence-electron chi connectivity index (χ4n) is 8.41. The molecule has 6 heteroatoms. The largest absolute Gasteiger partial charge is 0.456 e. The zero-order chi connectivity index (χ0) is 36.0. The van der Waals surface area contributed by atoms with Gasteiger partial charge in [0.1, 0.15) is 11.2 Å². The summed E-state index contributed by atoms with van der Waals surface area (Å²) in [5.74, 6) is 1.85. The Hall–Kier alpha value is -7.15. The fraction of sp³-hybridized carbons (Fsp3) is 0. The summed E-state index contributed by atoms with van der Waals surface area (Å²) >= 11 is 1.85. The van der Waals surface area contributed by atoms with Crippen molar-refractivity contribution in [2.24, 2.45) is 0 Å². The maximum Gasteiger partial charge on any atom is 0.164 e. The zero-order valence-electron chi connectivity index (χ0n) is 29.3. The van der Waals surface area contributed by atoms with Crippen LogP contribution in [0, 0.1) is 0 Å². The van der Waals surface area contributed by atoms with E-state index in [2.05, 4.69) is 114 Å². The minimum atomic E-state index is 0.601. The molecule has 0 fully saturated rings. The highest BCUT2D eigenvalue weighted by Crippen LogP contribution is 2.45. The van der Waals surface area contributed by atoms with Gasteiger partial charge < -0.3 is 8.98 Å². The van der Waals surface area contributed by atoms with Gasteiger partial charge in [0.15, 0.2) is 17.5 Å². The summed E-state index contributed by atoms with van der Waals surface area (Å²) in [4.78, 5) is 15.1. The normalized spacial score (nSPS) is 12.0. The van der Waals surface area contributed by atoms with Crippen molar-refractivity contribution in [2.45, 2.75) is 0 Å². The van der Waals surface area contributed by atoms with Crippen molar-refractivity contribution in [3.8, 4) is 39.9 Å². The van der Waals surface area contributed by atoms with Crippen LogP contribution in [0.2, 0.25) is 0 Å². The third-order valence-electron chi connectivity index (χ3n) is 10.8. The second kappa shape index (κ2) is 11.7. The molecular weight excluding hydrogens is 693 g/mol. The Labute approximate surface area is 318 Å². The van der Waals surface area contributed by atoms with Gasteiger partial charge in [0.2, 0.25) is 0 Å². The van der Waals surface area contributed by atoms with Gasteiger partial charge in [0.05, 0.1) is 11.0 Å². The average molecular weight is 721 g/mol. The van der Waals surface area contributed by atoms with Crippen LogP contribution in [-0.2, 0) is 0 Å². The molecule has 12 rings (SSSR count). The topological polar surface area (TPSA) is 56.7 Å². The van der Waals surface area contributed by atoms with Gasteiger partial charge in [-0.3, -0.25) is 0 Å². The van der Waals surface area contributed by atoms with Crippen LogP contribution in [0.15, 0.2) is 174 Å². The molecule has 5 nitrogen and oxygen atoms in total. The Kier molecular flexibility index (Phi) is 6.44. The number of nitrogens with zero attached hydrogens (tertiary/aromatic N) is 4. The van der Waals surface area contributed by atoms with E-state index in [1.165, 1.54) is 42.0 Å². The minimum Gasteiger partial charge on any atom is -0.456 e. The van der Waals surface area contributed by atoms with E-state index < -0.39 is 0 Å². The molecule has 256 valence electrons. The van der Waals surface area contributed by atoms with Crippen LogP contribution in [0.5, 0.6) is 0 Å². The molecule has 0 spiro atoms. The summed E-state index contributed by atoms with van der Waals surface area (Å²) in [5, 5.41) is 9.34. The highest BCUT2D eigenvalue weighted by atomic mass is 32.1. The molecule has 0 saturated heterocycles. The maximum absolute atomic E-state index is 6.88. The van der Waals surface area contributed by atoms with Crippen LogP contribution in [0.4, 0.5) is 0 Å². The molecule has 0 amide bonds. The highest BCUT2D eigenvalue weighted by molar-refractivity contribution is 7.26. The molecule has 0 saturated carbocycles. The van der Waals surface area contributed by atoms with E-state index in [0.29, 0.717) is 17.5 Å². The first-order valence-electron chi connectivity index (χ1n) is 18.4. The summed E-state index contributed by atoms with van der Waals surface area (Å²) in [7, 11) is 0. The molecule has 12 aromatic rings. The van der Waals surface area contributed by atoms with Gasteiger partial charge in [0.25, 0.3) is 0 Å². The number of aromatic nitrogens is 4. The smallest absolute Gasteiger partial charge is 0.164 e. The number of benzene rings is 8. The van der Waals surface area contributed by atoms with Crippen LogP contribution in [0.25, 0.3) is 115 Å². The van der Waals surface area contributed by atoms with Gasteiger partial charge >= 0.3 is 0 Å². The van der Waals surface area contributed by atoms with Crippen molar-refractivity contribution < 1.29 is 4.42 Å². The summed E-state index contributed by atoms with van der Waals surface area (Å²) in [6, 6.07) is 59.5. The van der Waals surface area contributed by atoms with E-state index in [0.717, 1.165) is 55.1 Å². The lowest BCUT2D eigenvalue weighted by Gasteiger charge is -2.11. The Morgan fingerprint density at radius 1 is 0.418 bits per heavy atom. The molecule has 4 aromatic heterocycles. The van der Waals surface area contributed by atoms with E-state index in [4.69, 9.17) is 19.4 Å². The molecule has 0 aliphatic carbocycles. The molecule has 55 heavy (non-hydrogen) atoms. The maximum atomic E-state index is 6.88. The molecule has 0 radical (unpaired) electrons. The monoisotopic (exact) mass is 720 g/mol. The lowest BCUT2D eigenvalue weighted by molar-refractivity contribution is 0.669. The van der Waals surface area contributed by atoms with Crippen LogP contribution in [-0.4, -0.2) is 19.5 Å². The molecule has 8 aromatic carbocycles. The van der Waals surface area contributed by atoms with Crippen molar-refractivity contribution in [3.63, 3.8) is 0 Å². The molecular formula is C49H28N4OS. The molecule has 4 heterocycles. The van der Waals surface area contributed by atoms with E-state index in [1.54, 1.807) is 0 Å². The van der Waals surface area contributed by atoms with Crippen LogP contribution < -0.4 is 0 Å². The van der Waals surface area contributed by atoms with Crippen LogP contribution >= 0.6 is 11.3 Å².